The molecule has 2 aromatic carbocycles. The van der Waals surface area contributed by atoms with E-state index in [2.05, 4.69) is 10.6 Å². The van der Waals surface area contributed by atoms with Crippen molar-refractivity contribution >= 4 is 24.0 Å². The summed E-state index contributed by atoms with van der Waals surface area (Å²) in [5.41, 5.74) is 0.764. The SMILES string of the molecule is COc1ccccc1Oc1ccc(NC(=O)[C@H]2CCCCN2)cc1.Cl. The van der Waals surface area contributed by atoms with E-state index in [4.69, 9.17) is 9.47 Å². The number of ether oxygens (including phenoxy) is 2. The normalized spacial score (nSPS) is 16.4. The van der Waals surface area contributed by atoms with Crippen LogP contribution in [-0.2, 0) is 4.79 Å². The van der Waals surface area contributed by atoms with Gasteiger partial charge in [0.05, 0.1) is 13.2 Å². The van der Waals surface area contributed by atoms with Crippen molar-refractivity contribution in [2.75, 3.05) is 19.0 Å². The van der Waals surface area contributed by atoms with Gasteiger partial charge in [-0.1, -0.05) is 18.6 Å². The van der Waals surface area contributed by atoms with Crippen LogP contribution in [0.4, 0.5) is 5.69 Å². The van der Waals surface area contributed by atoms with Crippen molar-refractivity contribution in [2.45, 2.75) is 25.3 Å². The Balaban J connectivity index is 0.00000225. The van der Waals surface area contributed by atoms with Crippen molar-refractivity contribution in [1.82, 2.24) is 5.32 Å². The van der Waals surface area contributed by atoms with Gasteiger partial charge in [0.15, 0.2) is 11.5 Å². The summed E-state index contributed by atoms with van der Waals surface area (Å²) < 4.78 is 11.1. The summed E-state index contributed by atoms with van der Waals surface area (Å²) in [7, 11) is 1.61. The first-order valence-electron chi connectivity index (χ1n) is 8.21. The van der Waals surface area contributed by atoms with Crippen LogP contribution in [0.3, 0.4) is 0 Å². The zero-order valence-corrected chi connectivity index (χ0v) is 15.0. The molecule has 1 atom stereocenters. The van der Waals surface area contributed by atoms with Gasteiger partial charge < -0.3 is 20.1 Å². The number of anilines is 1. The lowest BCUT2D eigenvalue weighted by molar-refractivity contribution is -0.118. The van der Waals surface area contributed by atoms with E-state index in [-0.39, 0.29) is 24.4 Å². The van der Waals surface area contributed by atoms with Crippen LogP contribution in [-0.4, -0.2) is 25.6 Å². The Morgan fingerprint density at radius 2 is 1.80 bits per heavy atom. The third-order valence-electron chi connectivity index (χ3n) is 4.05. The first-order chi connectivity index (χ1) is 11.8. The Labute approximate surface area is 154 Å². The van der Waals surface area contributed by atoms with Crippen molar-refractivity contribution in [3.8, 4) is 17.2 Å². The summed E-state index contributed by atoms with van der Waals surface area (Å²) in [6, 6.07) is 14.7. The van der Waals surface area contributed by atoms with Gasteiger partial charge in [0, 0.05) is 5.69 Å². The van der Waals surface area contributed by atoms with E-state index < -0.39 is 0 Å². The third-order valence-corrected chi connectivity index (χ3v) is 4.05. The minimum atomic E-state index is -0.0942. The zero-order valence-electron chi connectivity index (χ0n) is 14.2. The standard InChI is InChI=1S/C19H22N2O3.ClH/c1-23-17-7-2-3-8-18(17)24-15-11-9-14(10-12-15)21-19(22)16-6-4-5-13-20-16;/h2-3,7-12,16,20H,4-6,13H2,1H3,(H,21,22);1H/t16-;/m1./s1. The van der Waals surface area contributed by atoms with Gasteiger partial charge in [-0.05, 0) is 55.8 Å². The highest BCUT2D eigenvalue weighted by molar-refractivity contribution is 5.94. The second-order valence-corrected chi connectivity index (χ2v) is 5.77. The topological polar surface area (TPSA) is 59.6 Å². The Bertz CT molecular complexity index is 685. The molecular weight excluding hydrogens is 340 g/mol. The van der Waals surface area contributed by atoms with Gasteiger partial charge >= 0.3 is 0 Å². The highest BCUT2D eigenvalue weighted by atomic mass is 35.5. The molecule has 0 spiro atoms. The number of benzene rings is 2. The number of rotatable bonds is 5. The number of amides is 1. The lowest BCUT2D eigenvalue weighted by atomic mass is 10.0. The van der Waals surface area contributed by atoms with Crippen LogP contribution in [0.25, 0.3) is 0 Å². The van der Waals surface area contributed by atoms with Crippen LogP contribution in [0.2, 0.25) is 0 Å². The van der Waals surface area contributed by atoms with Crippen molar-refractivity contribution in [1.29, 1.82) is 0 Å². The number of methoxy groups -OCH3 is 1. The van der Waals surface area contributed by atoms with Gasteiger partial charge in [-0.15, -0.1) is 12.4 Å². The minimum Gasteiger partial charge on any atom is -0.493 e. The molecule has 1 amide bonds. The first-order valence-corrected chi connectivity index (χ1v) is 8.21. The van der Waals surface area contributed by atoms with Gasteiger partial charge in [0.2, 0.25) is 5.91 Å². The number of piperidine rings is 1. The molecule has 1 aliphatic heterocycles. The second-order valence-electron chi connectivity index (χ2n) is 5.77. The molecule has 0 unspecified atom stereocenters. The summed E-state index contributed by atoms with van der Waals surface area (Å²) in [4.78, 5) is 12.2. The highest BCUT2D eigenvalue weighted by Crippen LogP contribution is 2.31. The molecule has 1 heterocycles. The molecule has 0 aliphatic carbocycles. The van der Waals surface area contributed by atoms with Crippen molar-refractivity contribution in [2.24, 2.45) is 0 Å². The molecule has 5 nitrogen and oxygen atoms in total. The predicted octanol–water partition coefficient (Wildman–Crippen LogP) is 3.99. The van der Waals surface area contributed by atoms with Crippen LogP contribution in [0.15, 0.2) is 48.5 Å². The third kappa shape index (κ3) is 5.11. The molecule has 1 aliphatic rings. The molecule has 0 bridgehead atoms. The molecule has 0 aromatic heterocycles. The molecule has 0 radical (unpaired) electrons. The smallest absolute Gasteiger partial charge is 0.241 e. The lowest BCUT2D eigenvalue weighted by Crippen LogP contribution is -2.43. The zero-order chi connectivity index (χ0) is 16.8. The number of carbonyl (C=O) groups is 1. The lowest BCUT2D eigenvalue weighted by Gasteiger charge is -2.22. The molecule has 1 saturated heterocycles. The van der Waals surface area contributed by atoms with E-state index in [1.165, 1.54) is 0 Å². The van der Waals surface area contributed by atoms with E-state index in [0.29, 0.717) is 17.2 Å². The molecule has 0 saturated carbocycles. The number of hydrogen-bond donors (Lipinski definition) is 2. The van der Waals surface area contributed by atoms with E-state index in [1.807, 2.05) is 48.5 Å². The van der Waals surface area contributed by atoms with Gasteiger partial charge in [-0.2, -0.15) is 0 Å². The van der Waals surface area contributed by atoms with Crippen LogP contribution in [0.5, 0.6) is 17.2 Å². The van der Waals surface area contributed by atoms with E-state index in [9.17, 15) is 4.79 Å². The van der Waals surface area contributed by atoms with Gasteiger partial charge in [-0.3, -0.25) is 4.79 Å². The molecular formula is C19H23ClN2O3. The Morgan fingerprint density at radius 3 is 2.44 bits per heavy atom. The summed E-state index contributed by atoms with van der Waals surface area (Å²) in [6.45, 7) is 0.907. The number of halogens is 1. The van der Waals surface area contributed by atoms with Gasteiger partial charge in [0.1, 0.15) is 5.75 Å². The predicted molar refractivity (Wildman–Crippen MR) is 101 cm³/mol. The number of para-hydroxylation sites is 2. The Kier molecular flexibility index (Phi) is 7.10. The highest BCUT2D eigenvalue weighted by Gasteiger charge is 2.20. The fourth-order valence-corrected chi connectivity index (χ4v) is 2.74. The maximum absolute atomic E-state index is 12.2. The number of nitrogens with one attached hydrogen (secondary N) is 2. The fraction of sp³-hybridized carbons (Fsp3) is 0.316. The van der Waals surface area contributed by atoms with E-state index >= 15 is 0 Å². The fourth-order valence-electron chi connectivity index (χ4n) is 2.74. The van der Waals surface area contributed by atoms with Crippen molar-refractivity contribution in [3.05, 3.63) is 48.5 Å². The monoisotopic (exact) mass is 362 g/mol. The summed E-state index contributed by atoms with van der Waals surface area (Å²) in [5.74, 6) is 2.04. The largest absolute Gasteiger partial charge is 0.493 e. The van der Waals surface area contributed by atoms with E-state index in [1.54, 1.807) is 7.11 Å². The van der Waals surface area contributed by atoms with Crippen LogP contribution >= 0.6 is 12.4 Å². The van der Waals surface area contributed by atoms with E-state index in [0.717, 1.165) is 31.5 Å². The average Bonchev–Trinajstić information content (AvgIpc) is 2.64. The Morgan fingerprint density at radius 1 is 1.08 bits per heavy atom. The van der Waals surface area contributed by atoms with Crippen molar-refractivity contribution in [3.63, 3.8) is 0 Å². The maximum Gasteiger partial charge on any atom is 0.241 e. The second kappa shape index (κ2) is 9.30. The number of carbonyl (C=O) groups excluding carboxylic acids is 1. The minimum absolute atomic E-state index is 0. The number of hydrogen-bond acceptors (Lipinski definition) is 4. The van der Waals surface area contributed by atoms with Gasteiger partial charge in [0.25, 0.3) is 0 Å². The Hall–Kier alpha value is -2.24. The molecule has 25 heavy (non-hydrogen) atoms. The summed E-state index contributed by atoms with van der Waals surface area (Å²) in [5, 5.41) is 6.19. The molecule has 3 rings (SSSR count). The van der Waals surface area contributed by atoms with Crippen LogP contribution in [0.1, 0.15) is 19.3 Å². The average molecular weight is 363 g/mol. The maximum atomic E-state index is 12.2. The quantitative estimate of drug-likeness (QED) is 0.844. The molecule has 2 aromatic rings. The van der Waals surface area contributed by atoms with Crippen LogP contribution < -0.4 is 20.1 Å². The summed E-state index contributed by atoms with van der Waals surface area (Å²) in [6.07, 6.45) is 3.12. The summed E-state index contributed by atoms with van der Waals surface area (Å²) >= 11 is 0. The first kappa shape index (κ1) is 19.1. The van der Waals surface area contributed by atoms with Gasteiger partial charge in [-0.25, -0.2) is 0 Å². The molecule has 134 valence electrons. The molecule has 6 heteroatoms. The van der Waals surface area contributed by atoms with Crippen LogP contribution in [0, 0.1) is 0 Å². The van der Waals surface area contributed by atoms with Crippen molar-refractivity contribution < 1.29 is 14.3 Å². The molecule has 2 N–H and O–H groups in total. The molecule has 1 fully saturated rings.